The van der Waals surface area contributed by atoms with E-state index in [2.05, 4.69) is 12.7 Å². The number of hydrogen-bond donors (Lipinski definition) is 0. The van der Waals surface area contributed by atoms with Crippen molar-refractivity contribution in [1.29, 1.82) is 0 Å². The monoisotopic (exact) mass is 194 g/mol. The minimum absolute atomic E-state index is 0.0389. The molecule has 2 atom stereocenters. The molecule has 0 saturated heterocycles. The molecule has 1 rings (SSSR count). The first-order valence-electron chi connectivity index (χ1n) is 5.00. The molecule has 0 aromatic carbocycles. The maximum absolute atomic E-state index is 10.9. The van der Waals surface area contributed by atoms with Crippen LogP contribution >= 0.6 is 0 Å². The van der Waals surface area contributed by atoms with E-state index in [9.17, 15) is 4.79 Å². The summed E-state index contributed by atoms with van der Waals surface area (Å²) < 4.78 is 5.24. The van der Waals surface area contributed by atoms with Gasteiger partial charge in [0.25, 0.3) is 0 Å². The maximum Gasteiger partial charge on any atom is 0.303 e. The summed E-state index contributed by atoms with van der Waals surface area (Å²) in [7, 11) is 0. The lowest BCUT2D eigenvalue weighted by Gasteiger charge is -2.28. The molecule has 2 nitrogen and oxygen atoms in total. The van der Waals surface area contributed by atoms with Gasteiger partial charge >= 0.3 is 5.97 Å². The Morgan fingerprint density at radius 3 is 2.71 bits per heavy atom. The molecule has 0 amide bonds. The summed E-state index contributed by atoms with van der Waals surface area (Å²) in [5.41, 5.74) is 2.34. The van der Waals surface area contributed by atoms with Gasteiger partial charge < -0.3 is 4.74 Å². The number of ether oxygens (including phenoxy) is 1. The number of carbonyl (C=O) groups excluding carboxylic acids is 1. The molecule has 0 N–H and O–H groups in total. The van der Waals surface area contributed by atoms with Crippen molar-refractivity contribution in [2.75, 3.05) is 0 Å². The van der Waals surface area contributed by atoms with Crippen molar-refractivity contribution in [2.24, 2.45) is 5.92 Å². The zero-order chi connectivity index (χ0) is 10.7. The largest absolute Gasteiger partial charge is 0.458 e. The first-order chi connectivity index (χ1) is 6.50. The fraction of sp³-hybridized carbons (Fsp3) is 0.583. The highest BCUT2D eigenvalue weighted by atomic mass is 16.5. The van der Waals surface area contributed by atoms with Crippen LogP contribution in [0.15, 0.2) is 23.8 Å². The molecule has 0 saturated carbocycles. The van der Waals surface area contributed by atoms with Crippen molar-refractivity contribution in [3.63, 3.8) is 0 Å². The number of allylic oxidation sites excluding steroid dienone is 2. The molecule has 0 heterocycles. The Balaban J connectivity index is 2.66. The molecular formula is C12H18O2. The highest BCUT2D eigenvalue weighted by molar-refractivity contribution is 5.66. The topological polar surface area (TPSA) is 26.3 Å². The van der Waals surface area contributed by atoms with Gasteiger partial charge in [-0.25, -0.2) is 0 Å². The summed E-state index contributed by atoms with van der Waals surface area (Å²) >= 11 is 0. The fourth-order valence-corrected chi connectivity index (χ4v) is 1.74. The van der Waals surface area contributed by atoms with Crippen LogP contribution < -0.4 is 0 Å². The van der Waals surface area contributed by atoms with E-state index in [-0.39, 0.29) is 12.1 Å². The second kappa shape index (κ2) is 4.45. The molecular weight excluding hydrogens is 176 g/mol. The highest BCUT2D eigenvalue weighted by Crippen LogP contribution is 2.30. The lowest BCUT2D eigenvalue weighted by molar-refractivity contribution is -0.145. The summed E-state index contributed by atoms with van der Waals surface area (Å²) in [6, 6.07) is 0. The molecule has 0 aromatic rings. The van der Waals surface area contributed by atoms with Crippen molar-refractivity contribution in [3.8, 4) is 0 Å². The molecule has 0 aliphatic heterocycles. The van der Waals surface area contributed by atoms with Gasteiger partial charge in [0.15, 0.2) is 0 Å². The normalized spacial score (nSPS) is 26.6. The number of rotatable bonds is 2. The predicted molar refractivity (Wildman–Crippen MR) is 56.8 cm³/mol. The molecule has 2 heteroatoms. The van der Waals surface area contributed by atoms with E-state index < -0.39 is 0 Å². The molecule has 78 valence electrons. The Morgan fingerprint density at radius 1 is 1.57 bits per heavy atom. The maximum atomic E-state index is 10.9. The Labute approximate surface area is 85.6 Å². The lowest BCUT2D eigenvalue weighted by atomic mass is 9.84. The smallest absolute Gasteiger partial charge is 0.303 e. The minimum Gasteiger partial charge on any atom is -0.458 e. The molecule has 1 aliphatic carbocycles. The van der Waals surface area contributed by atoms with Crippen LogP contribution in [0.5, 0.6) is 0 Å². The first-order valence-corrected chi connectivity index (χ1v) is 5.00. The van der Waals surface area contributed by atoms with Gasteiger partial charge in [0.1, 0.15) is 6.10 Å². The van der Waals surface area contributed by atoms with Crippen LogP contribution in [0.3, 0.4) is 0 Å². The third kappa shape index (κ3) is 2.72. The van der Waals surface area contributed by atoms with Gasteiger partial charge in [-0.1, -0.05) is 18.2 Å². The summed E-state index contributed by atoms with van der Waals surface area (Å²) in [6.45, 7) is 9.45. The van der Waals surface area contributed by atoms with Gasteiger partial charge in [0.2, 0.25) is 0 Å². The first kappa shape index (κ1) is 11.0. The van der Waals surface area contributed by atoms with E-state index in [0.29, 0.717) is 5.92 Å². The third-order valence-corrected chi connectivity index (χ3v) is 2.74. The zero-order valence-corrected chi connectivity index (χ0v) is 9.17. The van der Waals surface area contributed by atoms with Crippen LogP contribution in [0, 0.1) is 5.92 Å². The van der Waals surface area contributed by atoms with E-state index in [1.54, 1.807) is 0 Å². The van der Waals surface area contributed by atoms with E-state index in [0.717, 1.165) is 18.4 Å². The fourth-order valence-electron chi connectivity index (χ4n) is 1.74. The molecule has 1 aliphatic rings. The molecule has 0 bridgehead atoms. The SMILES string of the molecule is C=C(C)[C@@H]1CC=C(C)[C@H](OC(C)=O)C1. The zero-order valence-electron chi connectivity index (χ0n) is 9.17. The van der Waals surface area contributed by atoms with E-state index in [4.69, 9.17) is 4.74 Å². The van der Waals surface area contributed by atoms with Crippen LogP contribution in [-0.2, 0) is 9.53 Å². The van der Waals surface area contributed by atoms with Gasteiger partial charge in [0.05, 0.1) is 0 Å². The average Bonchev–Trinajstić information content (AvgIpc) is 2.07. The van der Waals surface area contributed by atoms with Crippen LogP contribution in [0.4, 0.5) is 0 Å². The van der Waals surface area contributed by atoms with E-state index >= 15 is 0 Å². The Bertz CT molecular complexity index is 276. The van der Waals surface area contributed by atoms with Crippen molar-refractivity contribution >= 4 is 5.97 Å². The van der Waals surface area contributed by atoms with Gasteiger partial charge in [-0.05, 0) is 38.2 Å². The third-order valence-electron chi connectivity index (χ3n) is 2.74. The summed E-state index contributed by atoms with van der Waals surface area (Å²) in [4.78, 5) is 10.9. The van der Waals surface area contributed by atoms with Crippen LogP contribution in [0.25, 0.3) is 0 Å². The standard InChI is InChI=1S/C12H18O2/c1-8(2)11-6-5-9(3)12(7-11)14-10(4)13/h5,11-12H,1,6-7H2,2-4H3/t11-,12-/m1/s1. The van der Waals surface area contributed by atoms with Crippen molar-refractivity contribution in [3.05, 3.63) is 23.8 Å². The molecule has 0 radical (unpaired) electrons. The van der Waals surface area contributed by atoms with Gasteiger partial charge in [-0.3, -0.25) is 4.79 Å². The summed E-state index contributed by atoms with van der Waals surface area (Å²) in [5, 5.41) is 0. The van der Waals surface area contributed by atoms with Gasteiger partial charge in [-0.2, -0.15) is 0 Å². The molecule has 14 heavy (non-hydrogen) atoms. The van der Waals surface area contributed by atoms with E-state index in [1.807, 2.05) is 13.8 Å². The van der Waals surface area contributed by atoms with E-state index in [1.165, 1.54) is 12.5 Å². The summed E-state index contributed by atoms with van der Waals surface area (Å²) in [6.07, 6.45) is 4.02. The Hall–Kier alpha value is -1.05. The van der Waals surface area contributed by atoms with Crippen LogP contribution in [-0.4, -0.2) is 12.1 Å². The Kier molecular flexibility index (Phi) is 3.50. The summed E-state index contributed by atoms with van der Waals surface area (Å²) in [5.74, 6) is 0.258. The molecule has 0 unspecified atom stereocenters. The minimum atomic E-state index is -0.204. The number of esters is 1. The number of carbonyl (C=O) groups is 1. The van der Waals surface area contributed by atoms with Crippen LogP contribution in [0.2, 0.25) is 0 Å². The number of hydrogen-bond acceptors (Lipinski definition) is 2. The lowest BCUT2D eigenvalue weighted by Crippen LogP contribution is -2.25. The molecule has 0 fully saturated rings. The molecule has 0 spiro atoms. The van der Waals surface area contributed by atoms with Gasteiger partial charge in [0, 0.05) is 6.92 Å². The van der Waals surface area contributed by atoms with Crippen LogP contribution in [0.1, 0.15) is 33.6 Å². The second-order valence-corrected chi connectivity index (χ2v) is 4.06. The predicted octanol–water partition coefficient (Wildman–Crippen LogP) is 2.85. The Morgan fingerprint density at radius 2 is 2.21 bits per heavy atom. The average molecular weight is 194 g/mol. The quantitative estimate of drug-likeness (QED) is 0.499. The van der Waals surface area contributed by atoms with Crippen molar-refractivity contribution in [1.82, 2.24) is 0 Å². The molecule has 0 aromatic heterocycles. The second-order valence-electron chi connectivity index (χ2n) is 4.06. The van der Waals surface area contributed by atoms with Crippen molar-refractivity contribution < 1.29 is 9.53 Å². The van der Waals surface area contributed by atoms with Gasteiger partial charge in [-0.15, -0.1) is 0 Å². The van der Waals surface area contributed by atoms with Crippen molar-refractivity contribution in [2.45, 2.75) is 39.7 Å². The highest BCUT2D eigenvalue weighted by Gasteiger charge is 2.24.